The van der Waals surface area contributed by atoms with Gasteiger partial charge in [-0.25, -0.2) is 0 Å². The standard InChI is InChI=1S/C17H26N2O2S/c1-13(2)7-10-18-16(21)17(3)9-6-15(20)19(17)11-8-14-5-4-12-22-14/h4-5,12-13H,6-11H2,1-3H3,(H,18,21). The van der Waals surface area contributed by atoms with Gasteiger partial charge in [-0.2, -0.15) is 0 Å². The maximum absolute atomic E-state index is 12.6. The zero-order chi connectivity index (χ0) is 16.2. The second kappa shape index (κ2) is 7.27. The topological polar surface area (TPSA) is 49.4 Å². The van der Waals surface area contributed by atoms with Gasteiger partial charge in [-0.3, -0.25) is 9.59 Å². The number of nitrogens with zero attached hydrogens (tertiary/aromatic N) is 1. The highest BCUT2D eigenvalue weighted by atomic mass is 32.1. The van der Waals surface area contributed by atoms with E-state index in [1.54, 1.807) is 16.2 Å². The molecule has 0 radical (unpaired) electrons. The maximum atomic E-state index is 12.6. The molecule has 0 aliphatic carbocycles. The predicted octanol–water partition coefficient (Wildman–Crippen LogP) is 2.83. The molecule has 1 N–H and O–H groups in total. The van der Waals surface area contributed by atoms with Gasteiger partial charge in [-0.15, -0.1) is 11.3 Å². The van der Waals surface area contributed by atoms with Gasteiger partial charge in [0.25, 0.3) is 0 Å². The monoisotopic (exact) mass is 322 g/mol. The Bertz CT molecular complexity index is 513. The van der Waals surface area contributed by atoms with Gasteiger partial charge < -0.3 is 10.2 Å². The summed E-state index contributed by atoms with van der Waals surface area (Å²) in [7, 11) is 0. The first-order chi connectivity index (χ1) is 10.4. The first-order valence-electron chi connectivity index (χ1n) is 8.04. The van der Waals surface area contributed by atoms with Crippen LogP contribution in [0.5, 0.6) is 0 Å². The molecule has 1 aromatic rings. The molecule has 1 aliphatic heterocycles. The quantitative estimate of drug-likeness (QED) is 0.839. The first kappa shape index (κ1) is 17.0. The average molecular weight is 322 g/mol. The Morgan fingerprint density at radius 3 is 2.91 bits per heavy atom. The molecule has 0 saturated carbocycles. The molecule has 1 aliphatic rings. The van der Waals surface area contributed by atoms with Crippen LogP contribution in [0, 0.1) is 5.92 Å². The summed E-state index contributed by atoms with van der Waals surface area (Å²) >= 11 is 1.69. The Hall–Kier alpha value is -1.36. The van der Waals surface area contributed by atoms with Gasteiger partial charge in [0.2, 0.25) is 11.8 Å². The van der Waals surface area contributed by atoms with E-state index < -0.39 is 5.54 Å². The third-order valence-electron chi connectivity index (χ3n) is 4.38. The summed E-state index contributed by atoms with van der Waals surface area (Å²) in [5.74, 6) is 0.650. The molecule has 1 fully saturated rings. The molecule has 1 saturated heterocycles. The second-order valence-corrected chi connectivity index (χ2v) is 7.62. The van der Waals surface area contributed by atoms with Crippen LogP contribution in [0.2, 0.25) is 0 Å². The number of nitrogens with one attached hydrogen (secondary N) is 1. The summed E-state index contributed by atoms with van der Waals surface area (Å²) in [6.45, 7) is 7.48. The van der Waals surface area contributed by atoms with Crippen LogP contribution in [-0.4, -0.2) is 35.3 Å². The number of carbonyl (C=O) groups is 2. The number of hydrogen-bond donors (Lipinski definition) is 1. The fourth-order valence-corrected chi connectivity index (χ4v) is 3.54. The molecular weight excluding hydrogens is 296 g/mol. The lowest BCUT2D eigenvalue weighted by atomic mass is 9.97. The molecule has 122 valence electrons. The number of thiophene rings is 1. The molecule has 1 aromatic heterocycles. The van der Waals surface area contributed by atoms with Crippen LogP contribution >= 0.6 is 11.3 Å². The largest absolute Gasteiger partial charge is 0.354 e. The van der Waals surface area contributed by atoms with E-state index in [0.29, 0.717) is 31.8 Å². The van der Waals surface area contributed by atoms with Crippen molar-refractivity contribution in [3.8, 4) is 0 Å². The zero-order valence-corrected chi connectivity index (χ0v) is 14.5. The van der Waals surface area contributed by atoms with Gasteiger partial charge >= 0.3 is 0 Å². The lowest BCUT2D eigenvalue weighted by Gasteiger charge is -2.34. The van der Waals surface area contributed by atoms with Crippen LogP contribution < -0.4 is 5.32 Å². The van der Waals surface area contributed by atoms with Crippen molar-refractivity contribution in [2.45, 2.75) is 52.0 Å². The molecule has 2 amide bonds. The van der Waals surface area contributed by atoms with Gasteiger partial charge in [0.05, 0.1) is 0 Å². The van der Waals surface area contributed by atoms with Gasteiger partial charge in [0, 0.05) is 24.4 Å². The molecule has 4 nitrogen and oxygen atoms in total. The summed E-state index contributed by atoms with van der Waals surface area (Å²) in [4.78, 5) is 27.8. The van der Waals surface area contributed by atoms with Crippen molar-refractivity contribution in [1.82, 2.24) is 10.2 Å². The van der Waals surface area contributed by atoms with Gasteiger partial charge in [-0.1, -0.05) is 19.9 Å². The summed E-state index contributed by atoms with van der Waals surface area (Å²) in [5.41, 5.74) is -0.689. The van der Waals surface area contributed by atoms with Gasteiger partial charge in [-0.05, 0) is 43.6 Å². The fourth-order valence-electron chi connectivity index (χ4n) is 2.84. The molecule has 22 heavy (non-hydrogen) atoms. The van der Waals surface area contributed by atoms with E-state index in [1.807, 2.05) is 18.4 Å². The van der Waals surface area contributed by atoms with Crippen molar-refractivity contribution >= 4 is 23.2 Å². The number of hydrogen-bond acceptors (Lipinski definition) is 3. The highest BCUT2D eigenvalue weighted by Crippen LogP contribution is 2.30. The van der Waals surface area contributed by atoms with Gasteiger partial charge in [0.15, 0.2) is 0 Å². The number of rotatable bonds is 7. The van der Waals surface area contributed by atoms with Crippen LogP contribution in [0.3, 0.4) is 0 Å². The molecule has 0 bridgehead atoms. The van der Waals surface area contributed by atoms with Crippen molar-refractivity contribution in [2.24, 2.45) is 5.92 Å². The van der Waals surface area contributed by atoms with E-state index in [4.69, 9.17) is 0 Å². The minimum atomic E-state index is -0.689. The second-order valence-electron chi connectivity index (χ2n) is 6.59. The zero-order valence-electron chi connectivity index (χ0n) is 13.7. The van der Waals surface area contributed by atoms with E-state index in [1.165, 1.54) is 4.88 Å². The van der Waals surface area contributed by atoms with E-state index in [0.717, 1.165) is 12.8 Å². The van der Waals surface area contributed by atoms with Crippen molar-refractivity contribution < 1.29 is 9.59 Å². The van der Waals surface area contributed by atoms with Crippen molar-refractivity contribution in [1.29, 1.82) is 0 Å². The van der Waals surface area contributed by atoms with Crippen LogP contribution in [0.1, 0.15) is 44.9 Å². The molecule has 5 heteroatoms. The lowest BCUT2D eigenvalue weighted by molar-refractivity contribution is -0.140. The third kappa shape index (κ3) is 3.88. The Balaban J connectivity index is 1.96. The highest BCUT2D eigenvalue weighted by molar-refractivity contribution is 7.09. The predicted molar refractivity (Wildman–Crippen MR) is 89.8 cm³/mol. The molecule has 0 aromatic carbocycles. The number of amides is 2. The summed E-state index contributed by atoms with van der Waals surface area (Å²) in [6.07, 6.45) is 2.87. The third-order valence-corrected chi connectivity index (χ3v) is 5.32. The van der Waals surface area contributed by atoms with E-state index in [9.17, 15) is 9.59 Å². The molecule has 0 spiro atoms. The normalized spacial score (nSPS) is 21.6. The Morgan fingerprint density at radius 2 is 2.27 bits per heavy atom. The number of likely N-dealkylation sites (tertiary alicyclic amines) is 1. The molecule has 2 heterocycles. The molecule has 1 atom stereocenters. The van der Waals surface area contributed by atoms with E-state index in [-0.39, 0.29) is 11.8 Å². The average Bonchev–Trinajstić information content (AvgIpc) is 3.06. The van der Waals surface area contributed by atoms with Crippen LogP contribution in [0.4, 0.5) is 0 Å². The lowest BCUT2D eigenvalue weighted by Crippen LogP contribution is -2.55. The van der Waals surface area contributed by atoms with Crippen LogP contribution in [-0.2, 0) is 16.0 Å². The summed E-state index contributed by atoms with van der Waals surface area (Å²) < 4.78 is 0. The highest BCUT2D eigenvalue weighted by Gasteiger charge is 2.46. The smallest absolute Gasteiger partial charge is 0.245 e. The molecular formula is C17H26N2O2S. The molecule has 2 rings (SSSR count). The van der Waals surface area contributed by atoms with Crippen LogP contribution in [0.25, 0.3) is 0 Å². The maximum Gasteiger partial charge on any atom is 0.245 e. The molecule has 1 unspecified atom stereocenters. The SMILES string of the molecule is CC(C)CCNC(=O)C1(C)CCC(=O)N1CCc1cccs1. The minimum Gasteiger partial charge on any atom is -0.354 e. The summed E-state index contributed by atoms with van der Waals surface area (Å²) in [5, 5.41) is 5.05. The van der Waals surface area contributed by atoms with Crippen molar-refractivity contribution in [3.63, 3.8) is 0 Å². The van der Waals surface area contributed by atoms with Crippen molar-refractivity contribution in [2.75, 3.05) is 13.1 Å². The Labute approximate surface area is 136 Å². The van der Waals surface area contributed by atoms with E-state index >= 15 is 0 Å². The van der Waals surface area contributed by atoms with Crippen molar-refractivity contribution in [3.05, 3.63) is 22.4 Å². The van der Waals surface area contributed by atoms with Crippen LogP contribution in [0.15, 0.2) is 17.5 Å². The Morgan fingerprint density at radius 1 is 1.50 bits per heavy atom. The van der Waals surface area contributed by atoms with Gasteiger partial charge in [0.1, 0.15) is 5.54 Å². The minimum absolute atomic E-state index is 0.00909. The summed E-state index contributed by atoms with van der Waals surface area (Å²) in [6, 6.07) is 4.09. The fraction of sp³-hybridized carbons (Fsp3) is 0.647. The Kier molecular flexibility index (Phi) is 5.62. The first-order valence-corrected chi connectivity index (χ1v) is 8.92. The number of carbonyl (C=O) groups excluding carboxylic acids is 2. The van der Waals surface area contributed by atoms with E-state index in [2.05, 4.69) is 25.2 Å².